The van der Waals surface area contributed by atoms with Crippen LogP contribution in [0.5, 0.6) is 0 Å². The molecule has 92 valence electrons. The average molecular weight is 242 g/mol. The van der Waals surface area contributed by atoms with Crippen LogP contribution in [0.1, 0.15) is 12.7 Å². The first-order valence-electron chi connectivity index (χ1n) is 5.85. The third kappa shape index (κ3) is 2.00. The van der Waals surface area contributed by atoms with Gasteiger partial charge in [-0.1, -0.05) is 6.07 Å². The summed E-state index contributed by atoms with van der Waals surface area (Å²) < 4.78 is 5.29. The number of aromatic nitrogens is 3. The number of fused-ring (bicyclic) bond motifs is 1. The molecule has 3 aromatic rings. The van der Waals surface area contributed by atoms with E-state index < -0.39 is 0 Å². The van der Waals surface area contributed by atoms with E-state index in [4.69, 9.17) is 10.2 Å². The van der Waals surface area contributed by atoms with Gasteiger partial charge in [0, 0.05) is 18.0 Å². The molecule has 0 bridgehead atoms. The molecule has 3 N–H and O–H groups in total. The zero-order valence-corrected chi connectivity index (χ0v) is 10.1. The Morgan fingerprint density at radius 2 is 2.28 bits per heavy atom. The summed E-state index contributed by atoms with van der Waals surface area (Å²) in [5.41, 5.74) is 9.37. The molecule has 0 fully saturated rings. The molecule has 1 aromatic carbocycles. The highest BCUT2D eigenvalue weighted by Crippen LogP contribution is 2.22. The van der Waals surface area contributed by atoms with Crippen molar-refractivity contribution in [1.82, 2.24) is 15.0 Å². The Morgan fingerprint density at radius 1 is 1.39 bits per heavy atom. The molecule has 2 aromatic heterocycles. The van der Waals surface area contributed by atoms with Crippen LogP contribution < -0.4 is 5.73 Å². The summed E-state index contributed by atoms with van der Waals surface area (Å²) >= 11 is 0. The lowest BCUT2D eigenvalue weighted by atomic mass is 10.1. The molecule has 2 heterocycles. The minimum Gasteiger partial charge on any atom is -0.443 e. The normalized spacial score (nSPS) is 13.0. The first-order chi connectivity index (χ1) is 8.72. The average Bonchev–Trinajstić information content (AvgIpc) is 2.95. The van der Waals surface area contributed by atoms with Crippen molar-refractivity contribution in [2.75, 3.05) is 0 Å². The lowest BCUT2D eigenvalue weighted by Crippen LogP contribution is -2.18. The van der Waals surface area contributed by atoms with Crippen LogP contribution in [0.4, 0.5) is 0 Å². The van der Waals surface area contributed by atoms with E-state index in [-0.39, 0.29) is 6.04 Å². The van der Waals surface area contributed by atoms with Crippen molar-refractivity contribution >= 4 is 11.1 Å². The number of rotatable bonds is 3. The number of hydrogen-bond donors (Lipinski definition) is 2. The molecule has 0 aliphatic heterocycles. The van der Waals surface area contributed by atoms with Gasteiger partial charge in [0.25, 0.3) is 0 Å². The number of benzene rings is 1. The van der Waals surface area contributed by atoms with E-state index in [2.05, 4.69) is 15.0 Å². The lowest BCUT2D eigenvalue weighted by molar-refractivity contribution is 0.602. The van der Waals surface area contributed by atoms with Gasteiger partial charge in [0.15, 0.2) is 12.0 Å². The molecule has 0 aliphatic rings. The van der Waals surface area contributed by atoms with Crippen LogP contribution >= 0.6 is 0 Å². The zero-order valence-electron chi connectivity index (χ0n) is 10.1. The first-order valence-corrected chi connectivity index (χ1v) is 5.85. The molecule has 0 spiro atoms. The molecular formula is C13H14N4O. The number of H-pyrrole nitrogens is 1. The van der Waals surface area contributed by atoms with Gasteiger partial charge in [-0.25, -0.2) is 9.97 Å². The molecule has 18 heavy (non-hydrogen) atoms. The predicted octanol–water partition coefficient (Wildman–Crippen LogP) is 2.11. The van der Waals surface area contributed by atoms with Crippen LogP contribution in [0, 0.1) is 0 Å². The van der Waals surface area contributed by atoms with Crippen molar-refractivity contribution in [2.24, 2.45) is 5.73 Å². The van der Waals surface area contributed by atoms with E-state index in [0.717, 1.165) is 34.6 Å². The van der Waals surface area contributed by atoms with Gasteiger partial charge in [0.05, 0.1) is 11.9 Å². The van der Waals surface area contributed by atoms with E-state index in [1.807, 2.05) is 31.3 Å². The fourth-order valence-corrected chi connectivity index (χ4v) is 1.94. The van der Waals surface area contributed by atoms with Crippen molar-refractivity contribution in [1.29, 1.82) is 0 Å². The molecule has 0 saturated carbocycles. The number of hydrogen-bond acceptors (Lipinski definition) is 4. The number of imidazole rings is 1. The second-order valence-electron chi connectivity index (χ2n) is 4.46. The van der Waals surface area contributed by atoms with Crippen LogP contribution in [0.3, 0.4) is 0 Å². The minimum atomic E-state index is 0.0979. The molecule has 1 atom stereocenters. The van der Waals surface area contributed by atoms with Gasteiger partial charge < -0.3 is 15.1 Å². The predicted molar refractivity (Wildman–Crippen MR) is 68.9 cm³/mol. The highest BCUT2D eigenvalue weighted by molar-refractivity contribution is 5.78. The fourth-order valence-electron chi connectivity index (χ4n) is 1.94. The summed E-state index contributed by atoms with van der Waals surface area (Å²) in [6.07, 6.45) is 4.00. The SMILES string of the molecule is CC(N)Cc1ncc(-c2ccc3ncoc3c2)[nH]1. The molecule has 0 radical (unpaired) electrons. The van der Waals surface area contributed by atoms with Gasteiger partial charge in [-0.05, 0) is 19.1 Å². The fraction of sp³-hybridized carbons (Fsp3) is 0.231. The smallest absolute Gasteiger partial charge is 0.181 e. The van der Waals surface area contributed by atoms with E-state index in [1.165, 1.54) is 6.39 Å². The number of aromatic amines is 1. The Hall–Kier alpha value is -2.14. The number of nitrogens with two attached hydrogens (primary N) is 1. The van der Waals surface area contributed by atoms with Gasteiger partial charge in [-0.15, -0.1) is 0 Å². The molecular weight excluding hydrogens is 228 g/mol. The summed E-state index contributed by atoms with van der Waals surface area (Å²) in [7, 11) is 0. The third-order valence-corrected chi connectivity index (χ3v) is 2.79. The first kappa shape index (κ1) is 11.0. The van der Waals surface area contributed by atoms with Gasteiger partial charge >= 0.3 is 0 Å². The summed E-state index contributed by atoms with van der Waals surface area (Å²) in [6, 6.07) is 5.97. The van der Waals surface area contributed by atoms with Crippen LogP contribution in [0.2, 0.25) is 0 Å². The second kappa shape index (κ2) is 4.27. The molecule has 0 aliphatic carbocycles. The van der Waals surface area contributed by atoms with Crippen LogP contribution in [0.15, 0.2) is 35.2 Å². The maximum Gasteiger partial charge on any atom is 0.181 e. The van der Waals surface area contributed by atoms with Crippen LogP contribution in [-0.4, -0.2) is 21.0 Å². The largest absolute Gasteiger partial charge is 0.443 e. The van der Waals surface area contributed by atoms with Gasteiger partial charge in [0.1, 0.15) is 11.3 Å². The molecule has 3 rings (SSSR count). The number of nitrogens with zero attached hydrogens (tertiary/aromatic N) is 2. The third-order valence-electron chi connectivity index (χ3n) is 2.79. The molecule has 0 saturated heterocycles. The highest BCUT2D eigenvalue weighted by atomic mass is 16.3. The van der Waals surface area contributed by atoms with Crippen LogP contribution in [0.25, 0.3) is 22.4 Å². The number of nitrogens with one attached hydrogen (secondary N) is 1. The number of oxazole rings is 1. The Bertz CT molecular complexity index is 668. The molecule has 0 amide bonds. The Labute approximate surface area is 104 Å². The summed E-state index contributed by atoms with van der Waals surface area (Å²) in [5, 5.41) is 0. The Morgan fingerprint density at radius 3 is 3.11 bits per heavy atom. The Balaban J connectivity index is 1.95. The van der Waals surface area contributed by atoms with E-state index in [1.54, 1.807) is 0 Å². The van der Waals surface area contributed by atoms with E-state index in [9.17, 15) is 0 Å². The van der Waals surface area contributed by atoms with Crippen molar-refractivity contribution in [3.8, 4) is 11.3 Å². The quantitative estimate of drug-likeness (QED) is 0.737. The van der Waals surface area contributed by atoms with Crippen molar-refractivity contribution in [3.05, 3.63) is 36.6 Å². The second-order valence-corrected chi connectivity index (χ2v) is 4.46. The monoisotopic (exact) mass is 242 g/mol. The van der Waals surface area contributed by atoms with E-state index in [0.29, 0.717) is 0 Å². The van der Waals surface area contributed by atoms with Crippen molar-refractivity contribution in [2.45, 2.75) is 19.4 Å². The zero-order chi connectivity index (χ0) is 12.5. The molecule has 5 nitrogen and oxygen atoms in total. The highest BCUT2D eigenvalue weighted by Gasteiger charge is 2.07. The van der Waals surface area contributed by atoms with Crippen LogP contribution in [-0.2, 0) is 6.42 Å². The Kier molecular flexibility index (Phi) is 2.60. The lowest BCUT2D eigenvalue weighted by Gasteiger charge is -2.00. The minimum absolute atomic E-state index is 0.0979. The summed E-state index contributed by atoms with van der Waals surface area (Å²) in [4.78, 5) is 11.7. The topological polar surface area (TPSA) is 80.7 Å². The summed E-state index contributed by atoms with van der Waals surface area (Å²) in [5.74, 6) is 0.901. The van der Waals surface area contributed by atoms with Crippen molar-refractivity contribution in [3.63, 3.8) is 0 Å². The van der Waals surface area contributed by atoms with Crippen molar-refractivity contribution < 1.29 is 4.42 Å². The van der Waals surface area contributed by atoms with Gasteiger partial charge in [0.2, 0.25) is 0 Å². The van der Waals surface area contributed by atoms with E-state index >= 15 is 0 Å². The van der Waals surface area contributed by atoms with Gasteiger partial charge in [-0.3, -0.25) is 0 Å². The molecule has 1 unspecified atom stereocenters. The molecule has 5 heteroatoms. The maximum atomic E-state index is 5.75. The summed E-state index contributed by atoms with van der Waals surface area (Å²) in [6.45, 7) is 1.96. The standard InChI is InChI=1S/C13H14N4O/c1-8(14)4-13-15-6-11(17-13)9-2-3-10-12(5-9)18-7-16-10/h2-3,5-8H,4,14H2,1H3,(H,15,17). The van der Waals surface area contributed by atoms with Gasteiger partial charge in [-0.2, -0.15) is 0 Å². The maximum absolute atomic E-state index is 5.75.